The highest BCUT2D eigenvalue weighted by Crippen LogP contribution is 2.07. The van der Waals surface area contributed by atoms with Gasteiger partial charge in [-0.15, -0.1) is 0 Å². The van der Waals surface area contributed by atoms with Crippen LogP contribution in [0.1, 0.15) is 18.1 Å². The molecule has 0 aromatic heterocycles. The number of carbonyl (C=O) groups is 1. The maximum Gasteiger partial charge on any atom is 0.307 e. The van der Waals surface area contributed by atoms with E-state index in [1.807, 2.05) is 31.2 Å². The molecule has 0 aliphatic carbocycles. The predicted octanol–water partition coefficient (Wildman–Crippen LogP) is 1.20. The van der Waals surface area contributed by atoms with Gasteiger partial charge in [-0.25, -0.2) is 0 Å². The molecule has 1 aromatic carbocycles. The number of hydrogen-bond acceptors (Lipinski definition) is 2. The molecule has 0 heterocycles. The molecule has 0 saturated carbocycles. The third-order valence-corrected chi connectivity index (χ3v) is 1.90. The minimum absolute atomic E-state index is 0.0762. The molecular weight excluding hydrogens is 178 g/mol. The average molecular weight is 193 g/mol. The van der Waals surface area contributed by atoms with Crippen molar-refractivity contribution in [2.24, 2.45) is 5.73 Å². The summed E-state index contributed by atoms with van der Waals surface area (Å²) in [5, 5.41) is 8.61. The van der Waals surface area contributed by atoms with E-state index in [2.05, 4.69) is 0 Å². The van der Waals surface area contributed by atoms with Gasteiger partial charge in [0.1, 0.15) is 0 Å². The van der Waals surface area contributed by atoms with E-state index >= 15 is 0 Å². The number of rotatable bonds is 4. The quantitative estimate of drug-likeness (QED) is 0.755. The van der Waals surface area contributed by atoms with Crippen LogP contribution in [0.5, 0.6) is 0 Å². The van der Waals surface area contributed by atoms with Crippen molar-refractivity contribution in [2.75, 3.05) is 0 Å². The van der Waals surface area contributed by atoms with Crippen LogP contribution in [0.4, 0.5) is 0 Å². The zero-order chi connectivity index (χ0) is 10.6. The van der Waals surface area contributed by atoms with Crippen molar-refractivity contribution < 1.29 is 9.90 Å². The second-order valence-electron chi connectivity index (χ2n) is 3.57. The van der Waals surface area contributed by atoms with Gasteiger partial charge in [-0.05, 0) is 24.5 Å². The van der Waals surface area contributed by atoms with Gasteiger partial charge < -0.3 is 10.8 Å². The molecule has 0 aliphatic heterocycles. The largest absolute Gasteiger partial charge is 0.481 e. The molecule has 0 saturated heterocycles. The van der Waals surface area contributed by atoms with Crippen LogP contribution in [0.3, 0.4) is 0 Å². The fourth-order valence-electron chi connectivity index (χ4n) is 1.41. The van der Waals surface area contributed by atoms with Crippen LogP contribution in [0.15, 0.2) is 24.3 Å². The minimum Gasteiger partial charge on any atom is -0.481 e. The van der Waals surface area contributed by atoms with E-state index in [9.17, 15) is 4.79 Å². The number of carboxylic acids is 1. The number of aliphatic carboxylic acids is 1. The molecule has 1 atom stereocenters. The van der Waals surface area contributed by atoms with Crippen LogP contribution in [-0.4, -0.2) is 17.1 Å². The molecule has 0 amide bonds. The first-order valence-corrected chi connectivity index (χ1v) is 4.63. The summed E-state index contributed by atoms with van der Waals surface area (Å²) in [6.07, 6.45) is 0.861. The van der Waals surface area contributed by atoms with Gasteiger partial charge in [-0.2, -0.15) is 0 Å². The maximum atomic E-state index is 10.5. The second kappa shape index (κ2) is 4.77. The molecule has 1 rings (SSSR count). The van der Waals surface area contributed by atoms with Gasteiger partial charge in [0, 0.05) is 6.04 Å². The monoisotopic (exact) mass is 193 g/mol. The van der Waals surface area contributed by atoms with E-state index in [0.717, 1.165) is 17.5 Å². The molecule has 0 spiro atoms. The molecule has 3 nitrogen and oxygen atoms in total. The smallest absolute Gasteiger partial charge is 0.307 e. The predicted molar refractivity (Wildman–Crippen MR) is 55.1 cm³/mol. The zero-order valence-corrected chi connectivity index (χ0v) is 8.23. The summed E-state index contributed by atoms with van der Waals surface area (Å²) < 4.78 is 0. The Labute approximate surface area is 83.6 Å². The number of carboxylic acid groups (broad SMARTS) is 1. The van der Waals surface area contributed by atoms with Crippen molar-refractivity contribution in [3.63, 3.8) is 0 Å². The van der Waals surface area contributed by atoms with Gasteiger partial charge in [0.15, 0.2) is 0 Å². The Morgan fingerprint density at radius 1 is 1.50 bits per heavy atom. The lowest BCUT2D eigenvalue weighted by Crippen LogP contribution is -2.17. The van der Waals surface area contributed by atoms with Crippen LogP contribution in [-0.2, 0) is 17.6 Å². The lowest BCUT2D eigenvalue weighted by molar-refractivity contribution is -0.136. The normalized spacial score (nSPS) is 12.4. The summed E-state index contributed by atoms with van der Waals surface area (Å²) in [4.78, 5) is 10.5. The van der Waals surface area contributed by atoms with Crippen LogP contribution in [0.2, 0.25) is 0 Å². The van der Waals surface area contributed by atoms with Gasteiger partial charge in [-0.3, -0.25) is 4.79 Å². The van der Waals surface area contributed by atoms with Crippen LogP contribution < -0.4 is 5.73 Å². The molecule has 0 radical (unpaired) electrons. The highest BCUT2D eigenvalue weighted by Gasteiger charge is 2.02. The van der Waals surface area contributed by atoms with Gasteiger partial charge in [0.05, 0.1) is 6.42 Å². The summed E-state index contributed by atoms with van der Waals surface area (Å²) in [6, 6.07) is 7.66. The summed E-state index contributed by atoms with van der Waals surface area (Å²) in [7, 11) is 0. The highest BCUT2D eigenvalue weighted by atomic mass is 16.4. The van der Waals surface area contributed by atoms with E-state index in [1.165, 1.54) is 0 Å². The van der Waals surface area contributed by atoms with Crippen molar-refractivity contribution in [2.45, 2.75) is 25.8 Å². The molecule has 0 aliphatic rings. The fourth-order valence-corrected chi connectivity index (χ4v) is 1.41. The lowest BCUT2D eigenvalue weighted by Gasteiger charge is -2.06. The molecular formula is C11H15NO2. The highest BCUT2D eigenvalue weighted by molar-refractivity contribution is 5.70. The van der Waals surface area contributed by atoms with Crippen molar-refractivity contribution in [1.82, 2.24) is 0 Å². The standard InChI is InChI=1S/C11H15NO2/c1-8(12)5-9-3-2-4-10(6-9)7-11(13)14/h2-4,6,8H,5,7,12H2,1H3,(H,13,14). The van der Waals surface area contributed by atoms with Crippen LogP contribution >= 0.6 is 0 Å². The van der Waals surface area contributed by atoms with Crippen molar-refractivity contribution in [1.29, 1.82) is 0 Å². The lowest BCUT2D eigenvalue weighted by atomic mass is 10.0. The van der Waals surface area contributed by atoms with E-state index in [0.29, 0.717) is 0 Å². The molecule has 76 valence electrons. The Bertz CT molecular complexity index is 321. The van der Waals surface area contributed by atoms with Gasteiger partial charge in [-0.1, -0.05) is 24.3 Å². The molecule has 0 fully saturated rings. The summed E-state index contributed by atoms with van der Waals surface area (Å²) in [5.41, 5.74) is 7.58. The number of nitrogens with two attached hydrogens (primary N) is 1. The summed E-state index contributed by atoms with van der Waals surface area (Å²) >= 11 is 0. The Kier molecular flexibility index (Phi) is 3.65. The Hall–Kier alpha value is -1.35. The molecule has 1 unspecified atom stereocenters. The third kappa shape index (κ3) is 3.58. The molecule has 1 aromatic rings. The second-order valence-corrected chi connectivity index (χ2v) is 3.57. The number of benzene rings is 1. The SMILES string of the molecule is CC(N)Cc1cccc(CC(=O)O)c1. The van der Waals surface area contributed by atoms with E-state index < -0.39 is 5.97 Å². The molecule has 3 heteroatoms. The first-order valence-electron chi connectivity index (χ1n) is 4.63. The Morgan fingerprint density at radius 2 is 2.14 bits per heavy atom. The first kappa shape index (κ1) is 10.7. The Balaban J connectivity index is 2.73. The first-order chi connectivity index (χ1) is 6.58. The van der Waals surface area contributed by atoms with E-state index in [-0.39, 0.29) is 12.5 Å². The van der Waals surface area contributed by atoms with Crippen molar-refractivity contribution in [3.8, 4) is 0 Å². The Morgan fingerprint density at radius 3 is 2.71 bits per heavy atom. The van der Waals surface area contributed by atoms with Crippen LogP contribution in [0.25, 0.3) is 0 Å². The molecule has 0 bridgehead atoms. The van der Waals surface area contributed by atoms with Gasteiger partial charge in [0.2, 0.25) is 0 Å². The summed E-state index contributed by atoms with van der Waals surface area (Å²) in [5.74, 6) is -0.803. The molecule has 3 N–H and O–H groups in total. The summed E-state index contributed by atoms with van der Waals surface area (Å²) in [6.45, 7) is 1.93. The van der Waals surface area contributed by atoms with Crippen LogP contribution in [0, 0.1) is 0 Å². The zero-order valence-electron chi connectivity index (χ0n) is 8.23. The number of hydrogen-bond donors (Lipinski definition) is 2. The van der Waals surface area contributed by atoms with Gasteiger partial charge >= 0.3 is 5.97 Å². The fraction of sp³-hybridized carbons (Fsp3) is 0.364. The van der Waals surface area contributed by atoms with Gasteiger partial charge in [0.25, 0.3) is 0 Å². The van der Waals surface area contributed by atoms with E-state index in [1.54, 1.807) is 0 Å². The van der Waals surface area contributed by atoms with Crippen molar-refractivity contribution in [3.05, 3.63) is 35.4 Å². The topological polar surface area (TPSA) is 63.3 Å². The molecule has 14 heavy (non-hydrogen) atoms. The third-order valence-electron chi connectivity index (χ3n) is 1.90. The maximum absolute atomic E-state index is 10.5. The van der Waals surface area contributed by atoms with E-state index in [4.69, 9.17) is 10.8 Å². The minimum atomic E-state index is -0.803. The van der Waals surface area contributed by atoms with Crippen molar-refractivity contribution >= 4 is 5.97 Å². The average Bonchev–Trinajstić information content (AvgIpc) is 2.01.